The monoisotopic (exact) mass is 644 g/mol. The largest absolute Gasteiger partial charge is 0.313 e. The Morgan fingerprint density at radius 2 is 0.714 bits per heavy atom. The molecular weight excluding hydrogens is 611 g/mol. The summed E-state index contributed by atoms with van der Waals surface area (Å²) in [6.07, 6.45) is 0.463. The van der Waals surface area contributed by atoms with Crippen molar-refractivity contribution in [3.63, 3.8) is 0 Å². The van der Waals surface area contributed by atoms with E-state index in [9.17, 15) is 0 Å². The SMILES string of the molecule is O=P(Cc1ccccc1)(c1ccc(-c2cc3ccccc3c3ccccc23)cc1)c1ccc(-c2cc3ccccc3c3ccccc23)cc1. The molecule has 1 nitrogen and oxygen atoms in total. The molecule has 0 saturated carbocycles. The van der Waals surface area contributed by atoms with Crippen molar-refractivity contribution in [1.29, 1.82) is 0 Å². The Morgan fingerprint density at radius 3 is 1.16 bits per heavy atom. The van der Waals surface area contributed by atoms with Crippen LogP contribution in [0.1, 0.15) is 5.56 Å². The number of hydrogen-bond donors (Lipinski definition) is 0. The average Bonchev–Trinajstić information content (AvgIpc) is 3.18. The van der Waals surface area contributed by atoms with Gasteiger partial charge in [0.05, 0.1) is 0 Å². The lowest BCUT2D eigenvalue weighted by Crippen LogP contribution is -2.17. The van der Waals surface area contributed by atoms with Crippen LogP contribution in [0.2, 0.25) is 0 Å². The van der Waals surface area contributed by atoms with E-state index < -0.39 is 7.14 Å². The zero-order valence-electron chi connectivity index (χ0n) is 27.0. The number of hydrogen-bond acceptors (Lipinski definition) is 1. The molecule has 9 aromatic rings. The van der Waals surface area contributed by atoms with Crippen LogP contribution in [0.4, 0.5) is 0 Å². The van der Waals surface area contributed by atoms with Crippen molar-refractivity contribution in [1.82, 2.24) is 0 Å². The van der Waals surface area contributed by atoms with Gasteiger partial charge in [-0.2, -0.15) is 0 Å². The molecule has 0 fully saturated rings. The minimum absolute atomic E-state index is 0.463. The van der Waals surface area contributed by atoms with Crippen LogP contribution in [0.3, 0.4) is 0 Å². The second kappa shape index (κ2) is 12.0. The van der Waals surface area contributed by atoms with E-state index in [0.29, 0.717) is 6.16 Å². The molecule has 232 valence electrons. The Balaban J connectivity index is 1.15. The highest BCUT2D eigenvalue weighted by atomic mass is 31.2. The van der Waals surface area contributed by atoms with Crippen LogP contribution in [-0.4, -0.2) is 0 Å². The lowest BCUT2D eigenvalue weighted by Gasteiger charge is -2.21. The van der Waals surface area contributed by atoms with Gasteiger partial charge in [0, 0.05) is 16.8 Å². The molecule has 0 bridgehead atoms. The van der Waals surface area contributed by atoms with Crippen LogP contribution in [0, 0.1) is 0 Å². The molecule has 0 aromatic heterocycles. The minimum Gasteiger partial charge on any atom is -0.313 e. The summed E-state index contributed by atoms with van der Waals surface area (Å²) in [5.41, 5.74) is 5.68. The fourth-order valence-electron chi connectivity index (χ4n) is 7.52. The van der Waals surface area contributed by atoms with Crippen molar-refractivity contribution < 1.29 is 4.57 Å². The lowest BCUT2D eigenvalue weighted by molar-refractivity contribution is 0.586. The first-order valence-corrected chi connectivity index (χ1v) is 18.7. The summed E-state index contributed by atoms with van der Waals surface area (Å²) in [5.74, 6) is 0. The predicted octanol–water partition coefficient (Wildman–Crippen LogP) is 12.1. The van der Waals surface area contributed by atoms with Crippen LogP contribution < -0.4 is 10.6 Å². The molecule has 0 unspecified atom stereocenters. The smallest absolute Gasteiger partial charge is 0.147 e. The molecule has 9 rings (SSSR count). The van der Waals surface area contributed by atoms with Gasteiger partial charge in [-0.15, -0.1) is 0 Å². The van der Waals surface area contributed by atoms with Gasteiger partial charge in [0.15, 0.2) is 0 Å². The predicted molar refractivity (Wildman–Crippen MR) is 211 cm³/mol. The first kappa shape index (κ1) is 29.4. The van der Waals surface area contributed by atoms with Gasteiger partial charge in [-0.3, -0.25) is 0 Å². The van der Waals surface area contributed by atoms with E-state index in [1.54, 1.807) is 0 Å². The molecule has 0 aliphatic carbocycles. The molecule has 49 heavy (non-hydrogen) atoms. The molecule has 9 aromatic carbocycles. The third kappa shape index (κ3) is 5.15. The van der Waals surface area contributed by atoms with Crippen molar-refractivity contribution >= 4 is 60.8 Å². The van der Waals surface area contributed by atoms with Gasteiger partial charge in [0.2, 0.25) is 0 Å². The summed E-state index contributed by atoms with van der Waals surface area (Å²) in [5, 5.41) is 11.6. The summed E-state index contributed by atoms with van der Waals surface area (Å²) in [6, 6.07) is 66.1. The highest BCUT2D eigenvalue weighted by Gasteiger charge is 2.28. The van der Waals surface area contributed by atoms with Crippen molar-refractivity contribution in [2.75, 3.05) is 0 Å². The summed E-state index contributed by atoms with van der Waals surface area (Å²) < 4.78 is 15.5. The summed E-state index contributed by atoms with van der Waals surface area (Å²) in [7, 11) is -3.04. The third-order valence-corrected chi connectivity index (χ3v) is 13.1. The highest BCUT2D eigenvalue weighted by Crippen LogP contribution is 2.48. The third-order valence-electron chi connectivity index (χ3n) is 9.97. The van der Waals surface area contributed by atoms with Gasteiger partial charge in [0.25, 0.3) is 0 Å². The first-order valence-electron chi connectivity index (χ1n) is 16.8. The molecule has 0 atom stereocenters. The lowest BCUT2D eigenvalue weighted by atomic mass is 9.93. The van der Waals surface area contributed by atoms with Gasteiger partial charge < -0.3 is 4.57 Å². The van der Waals surface area contributed by atoms with Gasteiger partial charge in [0.1, 0.15) is 7.14 Å². The number of benzene rings is 9. The topological polar surface area (TPSA) is 17.1 Å². The fraction of sp³-hybridized carbons (Fsp3) is 0.0213. The Hall–Kier alpha value is -5.75. The van der Waals surface area contributed by atoms with Crippen LogP contribution >= 0.6 is 7.14 Å². The van der Waals surface area contributed by atoms with Gasteiger partial charge in [-0.1, -0.05) is 176 Å². The standard InChI is InChI=1S/C47H33OP/c48-49(32-33-12-2-1-3-13-33,38-26-22-34(23-27-38)46-30-36-14-4-6-16-40(36)42-18-8-10-20-44(42)46)39-28-24-35(25-29-39)47-31-37-15-5-7-17-41(37)43-19-9-11-21-45(43)47/h1-31H,32H2. The zero-order chi connectivity index (χ0) is 32.8. The molecule has 0 spiro atoms. The number of fused-ring (bicyclic) bond motifs is 6. The van der Waals surface area contributed by atoms with E-state index in [-0.39, 0.29) is 0 Å². The van der Waals surface area contributed by atoms with Crippen LogP contribution in [0.15, 0.2) is 188 Å². The summed E-state index contributed by atoms with van der Waals surface area (Å²) >= 11 is 0. The molecule has 0 aliphatic rings. The minimum atomic E-state index is -3.04. The molecule has 0 saturated heterocycles. The molecule has 0 amide bonds. The van der Waals surface area contributed by atoms with Crippen LogP contribution in [-0.2, 0) is 10.7 Å². The number of rotatable bonds is 6. The van der Waals surface area contributed by atoms with Crippen LogP contribution in [0.25, 0.3) is 65.3 Å². The average molecular weight is 645 g/mol. The van der Waals surface area contributed by atoms with Gasteiger partial charge in [-0.25, -0.2) is 0 Å². The Bertz CT molecular complexity index is 2520. The molecule has 0 radical (unpaired) electrons. The van der Waals surface area contributed by atoms with E-state index in [1.807, 2.05) is 18.2 Å². The Kier molecular flexibility index (Phi) is 7.23. The summed E-state index contributed by atoms with van der Waals surface area (Å²) in [4.78, 5) is 0. The van der Waals surface area contributed by atoms with E-state index in [2.05, 4.69) is 170 Å². The maximum atomic E-state index is 15.5. The molecule has 0 N–H and O–H groups in total. The van der Waals surface area contributed by atoms with Crippen molar-refractivity contribution in [2.24, 2.45) is 0 Å². The van der Waals surface area contributed by atoms with Crippen molar-refractivity contribution in [3.8, 4) is 22.3 Å². The highest BCUT2D eigenvalue weighted by molar-refractivity contribution is 7.78. The van der Waals surface area contributed by atoms with E-state index in [0.717, 1.165) is 27.3 Å². The maximum Gasteiger partial charge on any atom is 0.147 e. The second-order valence-corrected chi connectivity index (χ2v) is 15.7. The Labute approximate surface area is 286 Å². The van der Waals surface area contributed by atoms with Crippen LogP contribution in [0.5, 0.6) is 0 Å². The molecule has 0 heterocycles. The normalized spacial score (nSPS) is 11.8. The molecule has 2 heteroatoms. The first-order chi connectivity index (χ1) is 24.2. The van der Waals surface area contributed by atoms with Crippen molar-refractivity contribution in [3.05, 3.63) is 194 Å². The van der Waals surface area contributed by atoms with E-state index in [4.69, 9.17) is 0 Å². The van der Waals surface area contributed by atoms with Gasteiger partial charge in [-0.05, 0) is 83.0 Å². The van der Waals surface area contributed by atoms with Crippen molar-refractivity contribution in [2.45, 2.75) is 6.16 Å². The zero-order valence-corrected chi connectivity index (χ0v) is 27.9. The molecule has 0 aliphatic heterocycles. The van der Waals surface area contributed by atoms with Gasteiger partial charge >= 0.3 is 0 Å². The van der Waals surface area contributed by atoms with E-state index in [1.165, 1.54) is 54.2 Å². The molecular formula is C47H33OP. The second-order valence-electron chi connectivity index (χ2n) is 12.9. The van der Waals surface area contributed by atoms with E-state index >= 15 is 4.57 Å². The fourth-order valence-corrected chi connectivity index (χ4v) is 10.2. The summed E-state index contributed by atoms with van der Waals surface area (Å²) in [6.45, 7) is 0. The Morgan fingerprint density at radius 1 is 0.347 bits per heavy atom. The maximum absolute atomic E-state index is 15.5. The quantitative estimate of drug-likeness (QED) is 0.130.